The maximum Gasteiger partial charge on any atom is 0.164 e. The fourth-order valence-corrected chi connectivity index (χ4v) is 1.05. The number of methoxy groups -OCH3 is 1. The molecule has 3 nitrogen and oxygen atoms in total. The number of halogens is 1. The minimum Gasteiger partial charge on any atom is -0.383 e. The summed E-state index contributed by atoms with van der Waals surface area (Å²) in [5.41, 5.74) is 0.458. The van der Waals surface area contributed by atoms with Gasteiger partial charge in [-0.25, -0.2) is 4.39 Å². The summed E-state index contributed by atoms with van der Waals surface area (Å²) in [6, 6.07) is 1.68. The van der Waals surface area contributed by atoms with Gasteiger partial charge < -0.3 is 10.1 Å². The lowest BCUT2D eigenvalue weighted by Gasteiger charge is -2.13. The third-order valence-electron chi connectivity index (χ3n) is 1.59. The van der Waals surface area contributed by atoms with Crippen molar-refractivity contribution in [1.29, 1.82) is 0 Å². The highest BCUT2D eigenvalue weighted by molar-refractivity contribution is 5.43. The molecule has 1 N–H and O–H groups in total. The molecule has 0 amide bonds. The molecule has 0 radical (unpaired) electrons. The molecule has 0 spiro atoms. The van der Waals surface area contributed by atoms with Crippen molar-refractivity contribution in [2.75, 3.05) is 19.0 Å². The first kappa shape index (κ1) is 9.92. The van der Waals surface area contributed by atoms with Crippen LogP contribution in [0.2, 0.25) is 0 Å². The molecule has 0 aliphatic carbocycles. The van der Waals surface area contributed by atoms with Gasteiger partial charge in [0, 0.05) is 19.3 Å². The van der Waals surface area contributed by atoms with E-state index in [1.807, 2.05) is 6.92 Å². The second kappa shape index (κ2) is 4.77. The largest absolute Gasteiger partial charge is 0.383 e. The molecule has 72 valence electrons. The first-order chi connectivity index (χ1) is 6.24. The monoisotopic (exact) mass is 184 g/mol. The van der Waals surface area contributed by atoms with Gasteiger partial charge in [0.05, 0.1) is 18.5 Å². The second-order valence-electron chi connectivity index (χ2n) is 2.86. The van der Waals surface area contributed by atoms with Crippen LogP contribution in [0.25, 0.3) is 0 Å². The molecule has 0 saturated heterocycles. The molecule has 1 heterocycles. The number of pyridine rings is 1. The van der Waals surface area contributed by atoms with Crippen LogP contribution in [0.1, 0.15) is 6.92 Å². The summed E-state index contributed by atoms with van der Waals surface area (Å²) in [4.78, 5) is 3.65. The molecule has 1 atom stereocenters. The van der Waals surface area contributed by atoms with Crippen LogP contribution in [-0.2, 0) is 4.74 Å². The Morgan fingerprint density at radius 1 is 1.69 bits per heavy atom. The predicted octanol–water partition coefficient (Wildman–Crippen LogP) is 1.67. The van der Waals surface area contributed by atoms with Crippen molar-refractivity contribution in [2.24, 2.45) is 0 Å². The SMILES string of the molecule is COCC(C)Nc1ccncc1F. The number of nitrogens with zero attached hydrogens (tertiary/aromatic N) is 1. The predicted molar refractivity (Wildman–Crippen MR) is 49.2 cm³/mol. The summed E-state index contributed by atoms with van der Waals surface area (Å²) >= 11 is 0. The van der Waals surface area contributed by atoms with Gasteiger partial charge in [0.1, 0.15) is 0 Å². The van der Waals surface area contributed by atoms with E-state index in [4.69, 9.17) is 4.74 Å². The lowest BCUT2D eigenvalue weighted by atomic mass is 10.3. The highest BCUT2D eigenvalue weighted by atomic mass is 19.1. The molecule has 1 unspecified atom stereocenters. The summed E-state index contributed by atoms with van der Waals surface area (Å²) in [7, 11) is 1.61. The number of rotatable bonds is 4. The molecular weight excluding hydrogens is 171 g/mol. The van der Waals surface area contributed by atoms with E-state index in [1.54, 1.807) is 19.4 Å². The minimum atomic E-state index is -0.342. The zero-order valence-electron chi connectivity index (χ0n) is 7.75. The normalized spacial score (nSPS) is 12.5. The van der Waals surface area contributed by atoms with Crippen LogP contribution in [-0.4, -0.2) is 24.7 Å². The van der Waals surface area contributed by atoms with Crippen molar-refractivity contribution < 1.29 is 9.13 Å². The lowest BCUT2D eigenvalue weighted by Crippen LogP contribution is -2.21. The fraction of sp³-hybridized carbons (Fsp3) is 0.444. The number of anilines is 1. The molecule has 0 bridgehead atoms. The van der Waals surface area contributed by atoms with Crippen molar-refractivity contribution in [3.63, 3.8) is 0 Å². The van der Waals surface area contributed by atoms with Crippen LogP contribution in [0.5, 0.6) is 0 Å². The number of aromatic nitrogens is 1. The minimum absolute atomic E-state index is 0.0851. The topological polar surface area (TPSA) is 34.1 Å². The van der Waals surface area contributed by atoms with Crippen molar-refractivity contribution in [1.82, 2.24) is 4.98 Å². The molecular formula is C9H13FN2O. The van der Waals surface area contributed by atoms with Crippen LogP contribution in [0, 0.1) is 5.82 Å². The summed E-state index contributed by atoms with van der Waals surface area (Å²) < 4.78 is 17.9. The van der Waals surface area contributed by atoms with Crippen molar-refractivity contribution in [3.8, 4) is 0 Å². The van der Waals surface area contributed by atoms with Gasteiger partial charge in [0.2, 0.25) is 0 Å². The second-order valence-corrected chi connectivity index (χ2v) is 2.86. The Bertz CT molecular complexity index is 268. The standard InChI is InChI=1S/C9H13FN2O/c1-7(6-13-2)12-9-3-4-11-5-8(9)10/h3-5,7H,6H2,1-2H3,(H,11,12). The molecule has 1 aromatic heterocycles. The molecule has 0 saturated carbocycles. The van der Waals surface area contributed by atoms with Crippen molar-refractivity contribution in [3.05, 3.63) is 24.3 Å². The zero-order chi connectivity index (χ0) is 9.68. The fourth-order valence-electron chi connectivity index (χ4n) is 1.05. The van der Waals surface area contributed by atoms with Gasteiger partial charge >= 0.3 is 0 Å². The quantitative estimate of drug-likeness (QED) is 0.772. The molecule has 13 heavy (non-hydrogen) atoms. The van der Waals surface area contributed by atoms with Gasteiger partial charge in [0.25, 0.3) is 0 Å². The molecule has 1 rings (SSSR count). The maximum absolute atomic E-state index is 13.0. The van der Waals surface area contributed by atoms with Gasteiger partial charge in [-0.1, -0.05) is 0 Å². The average Bonchev–Trinajstić information content (AvgIpc) is 2.09. The van der Waals surface area contributed by atoms with Gasteiger partial charge in [-0.15, -0.1) is 0 Å². The summed E-state index contributed by atoms with van der Waals surface area (Å²) in [6.45, 7) is 2.46. The Morgan fingerprint density at radius 2 is 2.46 bits per heavy atom. The first-order valence-electron chi connectivity index (χ1n) is 4.09. The maximum atomic E-state index is 13.0. The Labute approximate surface area is 76.9 Å². The van der Waals surface area contributed by atoms with Gasteiger partial charge in [-0.05, 0) is 13.0 Å². The van der Waals surface area contributed by atoms with Crippen molar-refractivity contribution >= 4 is 5.69 Å². The Hall–Kier alpha value is -1.16. The molecule has 0 aliphatic heterocycles. The van der Waals surface area contributed by atoms with Gasteiger partial charge in [0.15, 0.2) is 5.82 Å². The molecule has 4 heteroatoms. The number of ether oxygens (including phenoxy) is 1. The van der Waals surface area contributed by atoms with E-state index in [-0.39, 0.29) is 11.9 Å². The molecule has 1 aromatic rings. The summed E-state index contributed by atoms with van der Waals surface area (Å²) in [5, 5.41) is 2.97. The van der Waals surface area contributed by atoms with E-state index in [0.717, 1.165) is 0 Å². The van der Waals surface area contributed by atoms with Crippen LogP contribution in [0.3, 0.4) is 0 Å². The third kappa shape index (κ3) is 2.99. The van der Waals surface area contributed by atoms with E-state index < -0.39 is 0 Å². The highest BCUT2D eigenvalue weighted by Crippen LogP contribution is 2.11. The third-order valence-corrected chi connectivity index (χ3v) is 1.59. The van der Waals surface area contributed by atoms with Crippen LogP contribution in [0.15, 0.2) is 18.5 Å². The highest BCUT2D eigenvalue weighted by Gasteiger charge is 2.04. The van der Waals surface area contributed by atoms with E-state index >= 15 is 0 Å². The van der Waals surface area contributed by atoms with Crippen LogP contribution in [0.4, 0.5) is 10.1 Å². The number of hydrogen-bond donors (Lipinski definition) is 1. The number of hydrogen-bond acceptors (Lipinski definition) is 3. The first-order valence-corrected chi connectivity index (χ1v) is 4.09. The molecule has 0 aliphatic rings. The molecule has 0 aromatic carbocycles. The summed E-state index contributed by atoms with van der Waals surface area (Å²) in [5.74, 6) is -0.342. The Balaban J connectivity index is 2.58. The van der Waals surface area contributed by atoms with E-state index in [9.17, 15) is 4.39 Å². The Morgan fingerprint density at radius 3 is 3.08 bits per heavy atom. The molecule has 0 fully saturated rings. The lowest BCUT2D eigenvalue weighted by molar-refractivity contribution is 0.190. The van der Waals surface area contributed by atoms with E-state index in [0.29, 0.717) is 12.3 Å². The Kier molecular flexibility index (Phi) is 3.64. The zero-order valence-corrected chi connectivity index (χ0v) is 7.75. The smallest absolute Gasteiger partial charge is 0.164 e. The summed E-state index contributed by atoms with van der Waals surface area (Å²) in [6.07, 6.45) is 2.73. The van der Waals surface area contributed by atoms with Crippen LogP contribution < -0.4 is 5.32 Å². The average molecular weight is 184 g/mol. The van der Waals surface area contributed by atoms with Gasteiger partial charge in [-0.2, -0.15) is 0 Å². The van der Waals surface area contributed by atoms with E-state index in [2.05, 4.69) is 10.3 Å². The van der Waals surface area contributed by atoms with E-state index in [1.165, 1.54) is 6.20 Å². The van der Waals surface area contributed by atoms with Crippen LogP contribution >= 0.6 is 0 Å². The number of nitrogens with one attached hydrogen (secondary N) is 1. The van der Waals surface area contributed by atoms with Gasteiger partial charge in [-0.3, -0.25) is 4.98 Å². The van der Waals surface area contributed by atoms with Crippen molar-refractivity contribution in [2.45, 2.75) is 13.0 Å².